The molecule has 4 atom stereocenters. The summed E-state index contributed by atoms with van der Waals surface area (Å²) in [4.78, 5) is 0. The van der Waals surface area contributed by atoms with Gasteiger partial charge in [-0.1, -0.05) is 0 Å². The smallest absolute Gasteiger partial charge is 0.121 e. The zero-order valence-electron chi connectivity index (χ0n) is 7.69. The lowest BCUT2D eigenvalue weighted by Gasteiger charge is -2.18. The van der Waals surface area contributed by atoms with Gasteiger partial charge in [-0.3, -0.25) is 0 Å². The van der Waals surface area contributed by atoms with Crippen LogP contribution in [-0.2, 0) is 9.47 Å². The summed E-state index contributed by atoms with van der Waals surface area (Å²) in [6.45, 7) is 0.643. The molecule has 0 bridgehead atoms. The Labute approximate surface area is 78.2 Å². The molecule has 0 saturated carbocycles. The fourth-order valence-corrected chi connectivity index (χ4v) is 3.02. The normalized spacial score (nSPS) is 41.9. The summed E-state index contributed by atoms with van der Waals surface area (Å²) in [7, 11) is 5.31. The van der Waals surface area contributed by atoms with E-state index < -0.39 is 0 Å². The Morgan fingerprint density at radius 2 is 2.17 bits per heavy atom. The largest absolute Gasteiger partial charge is 0.390 e. The van der Waals surface area contributed by atoms with Gasteiger partial charge in [-0.15, -0.1) is 0 Å². The molecule has 2 unspecified atom stereocenters. The summed E-state index contributed by atoms with van der Waals surface area (Å²) in [5.74, 6) is 0. The number of aliphatic hydroxyl groups excluding tert-OH is 1. The summed E-state index contributed by atoms with van der Waals surface area (Å²) in [5, 5.41) is 10.2. The quantitative estimate of drug-likeness (QED) is 0.584. The number of methoxy groups -OCH3 is 2. The van der Waals surface area contributed by atoms with Crippen LogP contribution in [0.3, 0.4) is 0 Å². The minimum atomic E-state index is -0.361. The standard InChI is InChI=1S/C7H15BO3S/c1-10-3-4-6(11-2)5(9)7(8)12-4/h4-7,9H,3,8H2,1-2H3/t4-,5?,6?,7-/m1/s1. The van der Waals surface area contributed by atoms with Crippen LogP contribution in [0.2, 0.25) is 0 Å². The van der Waals surface area contributed by atoms with Gasteiger partial charge >= 0.3 is 0 Å². The van der Waals surface area contributed by atoms with Crippen LogP contribution >= 0.6 is 11.8 Å². The Morgan fingerprint density at radius 3 is 2.67 bits per heavy atom. The van der Waals surface area contributed by atoms with Gasteiger partial charge in [0.1, 0.15) is 7.85 Å². The SMILES string of the molecule is B[C@@H]1S[C@H](COC)C(OC)C1O. The van der Waals surface area contributed by atoms with E-state index in [2.05, 4.69) is 0 Å². The molecule has 1 rings (SSSR count). The van der Waals surface area contributed by atoms with E-state index in [0.717, 1.165) is 0 Å². The highest BCUT2D eigenvalue weighted by molar-refractivity contribution is 8.02. The fourth-order valence-electron chi connectivity index (χ4n) is 1.51. The summed E-state index contributed by atoms with van der Waals surface area (Å²) in [6, 6.07) is 0. The Bertz CT molecular complexity index is 147. The van der Waals surface area contributed by atoms with Crippen LogP contribution in [0.4, 0.5) is 0 Å². The second kappa shape index (κ2) is 4.51. The third-order valence-electron chi connectivity index (χ3n) is 2.18. The molecule has 1 aliphatic rings. The van der Waals surface area contributed by atoms with Gasteiger partial charge in [0.2, 0.25) is 0 Å². The van der Waals surface area contributed by atoms with Crippen molar-refractivity contribution in [2.24, 2.45) is 0 Å². The number of aliphatic hydroxyl groups is 1. The van der Waals surface area contributed by atoms with E-state index in [1.807, 2.05) is 7.85 Å². The number of rotatable bonds is 3. The van der Waals surface area contributed by atoms with Crippen LogP contribution in [0.5, 0.6) is 0 Å². The fraction of sp³-hybridized carbons (Fsp3) is 1.00. The van der Waals surface area contributed by atoms with Gasteiger partial charge in [0.05, 0.1) is 24.1 Å². The minimum Gasteiger partial charge on any atom is -0.390 e. The maximum absolute atomic E-state index is 9.65. The molecule has 0 aromatic carbocycles. The van der Waals surface area contributed by atoms with Crippen molar-refractivity contribution >= 4 is 19.6 Å². The van der Waals surface area contributed by atoms with Gasteiger partial charge in [-0.2, -0.15) is 11.8 Å². The molecular formula is C7H15BO3S. The van der Waals surface area contributed by atoms with Crippen molar-refractivity contribution in [3.63, 3.8) is 0 Å². The number of hydrogen-bond acceptors (Lipinski definition) is 4. The summed E-state index contributed by atoms with van der Waals surface area (Å²) in [6.07, 6.45) is -0.440. The number of hydrogen-bond donors (Lipinski definition) is 1. The molecule has 1 saturated heterocycles. The van der Waals surface area contributed by atoms with Crippen LogP contribution in [0.25, 0.3) is 0 Å². The van der Waals surface area contributed by atoms with Gasteiger partial charge in [0.25, 0.3) is 0 Å². The second-order valence-electron chi connectivity index (χ2n) is 3.03. The van der Waals surface area contributed by atoms with Gasteiger partial charge in [0.15, 0.2) is 0 Å². The van der Waals surface area contributed by atoms with E-state index >= 15 is 0 Å². The van der Waals surface area contributed by atoms with Crippen LogP contribution in [0.15, 0.2) is 0 Å². The van der Waals surface area contributed by atoms with Crippen molar-refractivity contribution in [1.82, 2.24) is 0 Å². The molecule has 0 amide bonds. The zero-order valence-corrected chi connectivity index (χ0v) is 8.50. The van der Waals surface area contributed by atoms with Crippen LogP contribution < -0.4 is 0 Å². The van der Waals surface area contributed by atoms with E-state index in [4.69, 9.17) is 9.47 Å². The van der Waals surface area contributed by atoms with E-state index in [1.54, 1.807) is 26.0 Å². The van der Waals surface area contributed by atoms with Crippen molar-refractivity contribution in [3.05, 3.63) is 0 Å². The zero-order chi connectivity index (χ0) is 9.14. The molecular weight excluding hydrogens is 175 g/mol. The Hall–Kier alpha value is 0.295. The Balaban J connectivity index is 2.52. The predicted octanol–water partition coefficient (Wildman–Crippen LogP) is -0.917. The lowest BCUT2D eigenvalue weighted by Crippen LogP contribution is -2.36. The predicted molar refractivity (Wildman–Crippen MR) is 52.4 cm³/mol. The molecule has 3 nitrogen and oxygen atoms in total. The molecule has 12 heavy (non-hydrogen) atoms. The number of ether oxygens (including phenoxy) is 2. The summed E-state index contributed by atoms with van der Waals surface area (Å²) >= 11 is 1.73. The van der Waals surface area contributed by atoms with E-state index in [-0.39, 0.29) is 22.6 Å². The maximum Gasteiger partial charge on any atom is 0.121 e. The topological polar surface area (TPSA) is 38.7 Å². The Morgan fingerprint density at radius 1 is 1.50 bits per heavy atom. The van der Waals surface area contributed by atoms with Crippen LogP contribution in [0, 0.1) is 0 Å². The molecule has 0 aliphatic carbocycles. The van der Waals surface area contributed by atoms with Crippen molar-refractivity contribution < 1.29 is 14.6 Å². The van der Waals surface area contributed by atoms with Crippen LogP contribution in [-0.4, -0.2) is 56.4 Å². The highest BCUT2D eigenvalue weighted by Gasteiger charge is 2.40. The second-order valence-corrected chi connectivity index (χ2v) is 4.65. The first-order chi connectivity index (χ1) is 5.70. The molecule has 1 heterocycles. The first kappa shape index (κ1) is 10.4. The first-order valence-corrected chi connectivity index (χ1v) is 5.00. The van der Waals surface area contributed by atoms with Crippen molar-refractivity contribution in [3.8, 4) is 0 Å². The lowest BCUT2D eigenvalue weighted by molar-refractivity contribution is -0.00716. The van der Waals surface area contributed by atoms with Gasteiger partial charge in [-0.25, -0.2) is 0 Å². The molecule has 1 aliphatic heterocycles. The van der Waals surface area contributed by atoms with Gasteiger partial charge < -0.3 is 14.6 Å². The Kier molecular flexibility index (Phi) is 3.90. The molecule has 1 fully saturated rings. The summed E-state index contributed by atoms with van der Waals surface area (Å²) in [5.41, 5.74) is 0. The van der Waals surface area contributed by atoms with Crippen molar-refractivity contribution in [2.45, 2.75) is 22.6 Å². The average molecular weight is 190 g/mol. The monoisotopic (exact) mass is 190 g/mol. The molecule has 70 valence electrons. The third-order valence-corrected chi connectivity index (χ3v) is 3.64. The van der Waals surface area contributed by atoms with Crippen molar-refractivity contribution in [2.75, 3.05) is 20.8 Å². The van der Waals surface area contributed by atoms with Gasteiger partial charge in [-0.05, 0) is 0 Å². The minimum absolute atomic E-state index is 0.0788. The van der Waals surface area contributed by atoms with E-state index in [9.17, 15) is 5.11 Å². The third kappa shape index (κ3) is 1.96. The molecule has 0 radical (unpaired) electrons. The molecule has 0 aromatic rings. The molecule has 0 aromatic heterocycles. The number of thioether (sulfide) groups is 1. The maximum atomic E-state index is 9.65. The molecule has 5 heteroatoms. The average Bonchev–Trinajstić information content (AvgIpc) is 2.29. The van der Waals surface area contributed by atoms with Gasteiger partial charge in [0, 0.05) is 19.4 Å². The van der Waals surface area contributed by atoms with Crippen LogP contribution in [0.1, 0.15) is 0 Å². The summed E-state index contributed by atoms with van der Waals surface area (Å²) < 4.78 is 10.3. The molecule has 1 N–H and O–H groups in total. The highest BCUT2D eigenvalue weighted by Crippen LogP contribution is 2.34. The van der Waals surface area contributed by atoms with E-state index in [0.29, 0.717) is 6.61 Å². The first-order valence-electron chi connectivity index (χ1n) is 4.06. The highest BCUT2D eigenvalue weighted by atomic mass is 32.2. The lowest BCUT2D eigenvalue weighted by atomic mass is 9.94. The van der Waals surface area contributed by atoms with E-state index in [1.165, 1.54) is 0 Å². The van der Waals surface area contributed by atoms with Crippen molar-refractivity contribution in [1.29, 1.82) is 0 Å². The molecule has 0 spiro atoms.